The Labute approximate surface area is 127 Å². The average Bonchev–Trinajstić information content (AvgIpc) is 2.41. The Morgan fingerprint density at radius 3 is 1.33 bits per heavy atom. The lowest BCUT2D eigenvalue weighted by Gasteiger charge is -2.29. The number of esters is 1. The van der Waals surface area contributed by atoms with Crippen LogP contribution in [0.25, 0.3) is 0 Å². The predicted molar refractivity (Wildman–Crippen MR) is 56.3 cm³/mol. The molecule has 0 atom stereocenters. The number of alkyl halides is 11. The van der Waals surface area contributed by atoms with Gasteiger partial charge in [0.05, 0.1) is 7.11 Å². The molecular formula is C11H11F11O2. The summed E-state index contributed by atoms with van der Waals surface area (Å²) in [5.74, 6) is -23.3. The monoisotopic (exact) mass is 384 g/mol. The Balaban J connectivity index is 4.97. The number of hydrogen-bond acceptors (Lipinski definition) is 2. The van der Waals surface area contributed by atoms with E-state index < -0.39 is 61.5 Å². The largest absolute Gasteiger partial charge is 0.465 e. The molecule has 24 heavy (non-hydrogen) atoms. The smallest absolute Gasteiger partial charge is 0.453 e. The number of rotatable bonds is 8. The Morgan fingerprint density at radius 2 is 1.00 bits per heavy atom. The lowest BCUT2D eigenvalue weighted by molar-refractivity contribution is -0.294. The van der Waals surface area contributed by atoms with Gasteiger partial charge in [-0.3, -0.25) is 0 Å². The first-order chi connectivity index (χ1) is 10.4. The highest BCUT2D eigenvalue weighted by molar-refractivity contribution is 5.77. The van der Waals surface area contributed by atoms with E-state index in [1.54, 1.807) is 0 Å². The fourth-order valence-corrected chi connectivity index (χ4v) is 1.39. The van der Waals surface area contributed by atoms with Crippen LogP contribution in [-0.4, -0.2) is 42.9 Å². The molecule has 0 aliphatic heterocycles. The van der Waals surface area contributed by atoms with Crippen molar-refractivity contribution in [3.8, 4) is 0 Å². The molecule has 13 heteroatoms. The molecule has 0 aliphatic rings. The van der Waals surface area contributed by atoms with E-state index in [1.807, 2.05) is 0 Å². The Bertz CT molecular complexity index is 442. The molecule has 2 nitrogen and oxygen atoms in total. The van der Waals surface area contributed by atoms with Crippen LogP contribution in [0.3, 0.4) is 0 Å². The number of carbonyl (C=O) groups excluding carboxylic acids is 1. The van der Waals surface area contributed by atoms with Crippen LogP contribution in [0.1, 0.15) is 25.7 Å². The SMILES string of the molecule is COC(=O)C(F)(F)CCC(F)(F)C(F)(F)CCC(F)(F)C(F)(F)F. The molecule has 0 bridgehead atoms. The van der Waals surface area contributed by atoms with Crippen molar-refractivity contribution in [2.45, 2.75) is 55.5 Å². The van der Waals surface area contributed by atoms with Crippen LogP contribution < -0.4 is 0 Å². The molecule has 0 unspecified atom stereocenters. The third kappa shape index (κ3) is 5.36. The van der Waals surface area contributed by atoms with Crippen molar-refractivity contribution >= 4 is 5.97 Å². The maximum absolute atomic E-state index is 13.2. The molecule has 0 N–H and O–H groups in total. The second-order valence-corrected chi connectivity index (χ2v) is 4.81. The van der Waals surface area contributed by atoms with Gasteiger partial charge in [-0.05, 0) is 0 Å². The first-order valence-corrected chi connectivity index (χ1v) is 6.06. The van der Waals surface area contributed by atoms with E-state index in [-0.39, 0.29) is 0 Å². The number of ether oxygens (including phenoxy) is 1. The summed E-state index contributed by atoms with van der Waals surface area (Å²) < 4.78 is 143. The van der Waals surface area contributed by atoms with Crippen molar-refractivity contribution in [2.24, 2.45) is 0 Å². The summed E-state index contributed by atoms with van der Waals surface area (Å²) in [7, 11) is 0.474. The lowest BCUT2D eigenvalue weighted by Crippen LogP contribution is -2.45. The van der Waals surface area contributed by atoms with E-state index in [0.29, 0.717) is 7.11 Å². The maximum Gasteiger partial charge on any atom is 0.453 e. The minimum atomic E-state index is -6.23. The molecule has 0 spiro atoms. The van der Waals surface area contributed by atoms with Gasteiger partial charge in [-0.25, -0.2) is 4.79 Å². The molecule has 0 aromatic rings. The first-order valence-electron chi connectivity index (χ1n) is 6.06. The van der Waals surface area contributed by atoms with Gasteiger partial charge in [0, 0.05) is 25.7 Å². The third-order valence-corrected chi connectivity index (χ3v) is 2.94. The average molecular weight is 384 g/mol. The zero-order valence-corrected chi connectivity index (χ0v) is 11.8. The topological polar surface area (TPSA) is 26.3 Å². The van der Waals surface area contributed by atoms with Crippen LogP contribution in [0, 0.1) is 0 Å². The van der Waals surface area contributed by atoms with Crippen molar-refractivity contribution in [1.82, 2.24) is 0 Å². The fraction of sp³-hybridized carbons (Fsp3) is 0.909. The molecule has 0 saturated heterocycles. The number of halogens is 11. The minimum absolute atomic E-state index is 0.474. The fourth-order valence-electron chi connectivity index (χ4n) is 1.39. The maximum atomic E-state index is 13.2. The van der Waals surface area contributed by atoms with Gasteiger partial charge >= 0.3 is 35.8 Å². The van der Waals surface area contributed by atoms with Gasteiger partial charge in [0.25, 0.3) is 0 Å². The van der Waals surface area contributed by atoms with Crippen molar-refractivity contribution in [3.05, 3.63) is 0 Å². The first kappa shape index (κ1) is 22.7. The molecule has 0 saturated carbocycles. The van der Waals surface area contributed by atoms with Crippen LogP contribution in [0.4, 0.5) is 48.3 Å². The molecule has 0 aliphatic carbocycles. The Hall–Kier alpha value is -1.30. The molecule has 0 aromatic heterocycles. The Kier molecular flexibility index (Phi) is 6.53. The highest BCUT2D eigenvalue weighted by Gasteiger charge is 2.62. The summed E-state index contributed by atoms with van der Waals surface area (Å²) in [4.78, 5) is 10.5. The van der Waals surface area contributed by atoms with E-state index in [4.69, 9.17) is 0 Å². The summed E-state index contributed by atoms with van der Waals surface area (Å²) in [6.45, 7) is 0. The Morgan fingerprint density at radius 1 is 0.667 bits per heavy atom. The number of carbonyl (C=O) groups is 1. The van der Waals surface area contributed by atoms with E-state index in [0.717, 1.165) is 0 Å². The van der Waals surface area contributed by atoms with Gasteiger partial charge in [-0.2, -0.15) is 48.3 Å². The van der Waals surface area contributed by atoms with Gasteiger partial charge in [0.15, 0.2) is 0 Å². The second-order valence-electron chi connectivity index (χ2n) is 4.81. The van der Waals surface area contributed by atoms with Gasteiger partial charge in [-0.1, -0.05) is 0 Å². The van der Waals surface area contributed by atoms with Gasteiger partial charge in [-0.15, -0.1) is 0 Å². The van der Waals surface area contributed by atoms with Crippen molar-refractivity contribution in [3.63, 3.8) is 0 Å². The molecule has 0 rings (SSSR count). The van der Waals surface area contributed by atoms with Crippen LogP contribution in [0.5, 0.6) is 0 Å². The normalized spacial score (nSPS) is 14.7. The molecular weight excluding hydrogens is 373 g/mol. The standard InChI is InChI=1S/C11H11F11O2/c1-24-6(23)7(12,13)2-3-8(14,15)9(16,17)4-5-10(18,19)11(20,21)22/h2-5H2,1H3. The van der Waals surface area contributed by atoms with E-state index in [9.17, 15) is 53.1 Å². The second kappa shape index (κ2) is 6.90. The quantitative estimate of drug-likeness (QED) is 0.443. The van der Waals surface area contributed by atoms with Crippen molar-refractivity contribution in [2.75, 3.05) is 7.11 Å². The predicted octanol–water partition coefficient (Wildman–Crippen LogP) is 4.82. The van der Waals surface area contributed by atoms with E-state index >= 15 is 0 Å². The zero-order chi connectivity index (χ0) is 19.6. The molecule has 0 amide bonds. The molecule has 0 radical (unpaired) electrons. The minimum Gasteiger partial charge on any atom is -0.465 e. The highest BCUT2D eigenvalue weighted by atomic mass is 19.4. The van der Waals surface area contributed by atoms with Crippen molar-refractivity contribution in [1.29, 1.82) is 0 Å². The lowest BCUT2D eigenvalue weighted by atomic mass is 9.97. The van der Waals surface area contributed by atoms with Crippen LogP contribution >= 0.6 is 0 Å². The van der Waals surface area contributed by atoms with Crippen LogP contribution in [0.2, 0.25) is 0 Å². The van der Waals surface area contributed by atoms with Gasteiger partial charge in [0.2, 0.25) is 0 Å². The van der Waals surface area contributed by atoms with Crippen LogP contribution in [-0.2, 0) is 9.53 Å². The summed E-state index contributed by atoms with van der Waals surface area (Å²) in [6.07, 6.45) is -15.9. The summed E-state index contributed by atoms with van der Waals surface area (Å²) in [6, 6.07) is 0. The molecule has 0 heterocycles. The summed E-state index contributed by atoms with van der Waals surface area (Å²) in [5.41, 5.74) is 0. The zero-order valence-electron chi connectivity index (χ0n) is 11.8. The number of hydrogen-bond donors (Lipinski definition) is 0. The summed E-state index contributed by atoms with van der Waals surface area (Å²) in [5, 5.41) is 0. The molecule has 0 fully saturated rings. The third-order valence-electron chi connectivity index (χ3n) is 2.94. The highest BCUT2D eigenvalue weighted by Crippen LogP contribution is 2.46. The van der Waals surface area contributed by atoms with Crippen LogP contribution in [0.15, 0.2) is 0 Å². The van der Waals surface area contributed by atoms with E-state index in [2.05, 4.69) is 4.74 Å². The van der Waals surface area contributed by atoms with Gasteiger partial charge in [0.1, 0.15) is 0 Å². The van der Waals surface area contributed by atoms with Crippen molar-refractivity contribution < 1.29 is 57.8 Å². The molecule has 144 valence electrons. The summed E-state index contributed by atoms with van der Waals surface area (Å²) >= 11 is 0. The van der Waals surface area contributed by atoms with E-state index in [1.165, 1.54) is 0 Å². The molecule has 0 aromatic carbocycles. The van der Waals surface area contributed by atoms with Gasteiger partial charge < -0.3 is 4.74 Å². The number of methoxy groups -OCH3 is 1.